The maximum Gasteiger partial charge on any atom is 0.178 e. The summed E-state index contributed by atoms with van der Waals surface area (Å²) in [5, 5.41) is 0. The van der Waals surface area contributed by atoms with Gasteiger partial charge in [-0.3, -0.25) is 4.79 Å². The zero-order valence-electron chi connectivity index (χ0n) is 15.5. The van der Waals surface area contributed by atoms with Crippen molar-refractivity contribution >= 4 is 11.5 Å². The van der Waals surface area contributed by atoms with Gasteiger partial charge in [0.15, 0.2) is 11.6 Å². The molecule has 1 aliphatic carbocycles. The number of rotatable bonds is 5. The lowest BCUT2D eigenvalue weighted by Crippen LogP contribution is -2.29. The largest absolute Gasteiger partial charge is 0.367 e. The Labute approximate surface area is 149 Å². The Balaban J connectivity index is 1.90. The van der Waals surface area contributed by atoms with E-state index in [1.165, 1.54) is 5.56 Å². The number of pyridine rings is 1. The van der Waals surface area contributed by atoms with E-state index in [4.69, 9.17) is 4.98 Å². The van der Waals surface area contributed by atoms with Gasteiger partial charge in [0, 0.05) is 37.2 Å². The third-order valence-electron chi connectivity index (χ3n) is 4.37. The van der Waals surface area contributed by atoms with Crippen molar-refractivity contribution in [2.45, 2.75) is 46.5 Å². The molecule has 0 aromatic carbocycles. The number of fused-ring (bicyclic) bond motifs is 1. The second kappa shape index (κ2) is 6.90. The van der Waals surface area contributed by atoms with Crippen LogP contribution in [0.3, 0.4) is 0 Å². The van der Waals surface area contributed by atoms with E-state index in [0.717, 1.165) is 36.3 Å². The summed E-state index contributed by atoms with van der Waals surface area (Å²) in [4.78, 5) is 27.9. The van der Waals surface area contributed by atoms with Crippen molar-refractivity contribution in [2.24, 2.45) is 5.41 Å². The number of nitrogens with zero attached hydrogens (tertiary/aromatic N) is 4. The third-order valence-corrected chi connectivity index (χ3v) is 4.37. The van der Waals surface area contributed by atoms with Crippen LogP contribution in [0, 0.1) is 5.41 Å². The lowest BCUT2D eigenvalue weighted by molar-refractivity contribution is -0.119. The quantitative estimate of drug-likeness (QED) is 0.835. The molecule has 0 amide bonds. The SMILES string of the molecule is CN(CC(=O)CC(C)(C)C)c1cc(-c2ncccn2)nc2c1CCC2. The Morgan fingerprint density at radius 3 is 2.60 bits per heavy atom. The van der Waals surface area contributed by atoms with Crippen LogP contribution in [-0.4, -0.2) is 34.3 Å². The van der Waals surface area contributed by atoms with Gasteiger partial charge in [-0.25, -0.2) is 15.0 Å². The Hall–Kier alpha value is -2.30. The normalized spacial score (nSPS) is 13.6. The van der Waals surface area contributed by atoms with Gasteiger partial charge in [-0.2, -0.15) is 0 Å². The molecule has 0 spiro atoms. The molecule has 0 radical (unpaired) electrons. The van der Waals surface area contributed by atoms with Gasteiger partial charge in [-0.15, -0.1) is 0 Å². The van der Waals surface area contributed by atoms with Gasteiger partial charge < -0.3 is 4.90 Å². The summed E-state index contributed by atoms with van der Waals surface area (Å²) in [6, 6.07) is 3.83. The zero-order valence-corrected chi connectivity index (χ0v) is 15.5. The standard InChI is InChI=1S/C20H26N4O/c1-20(2,3)12-14(25)13-24(4)18-11-17(19-21-9-6-10-22-19)23-16-8-5-7-15(16)18/h6,9-11H,5,7-8,12-13H2,1-4H3. The molecule has 5 nitrogen and oxygen atoms in total. The van der Waals surface area contributed by atoms with Gasteiger partial charge in [0.05, 0.1) is 6.54 Å². The third kappa shape index (κ3) is 4.21. The number of carbonyl (C=O) groups is 1. The summed E-state index contributed by atoms with van der Waals surface area (Å²) < 4.78 is 0. The first-order chi connectivity index (χ1) is 11.8. The molecule has 0 aliphatic heterocycles. The van der Waals surface area contributed by atoms with Gasteiger partial charge in [-0.1, -0.05) is 20.8 Å². The second-order valence-electron chi connectivity index (χ2n) is 8.01. The highest BCUT2D eigenvalue weighted by molar-refractivity contribution is 5.84. The van der Waals surface area contributed by atoms with E-state index in [2.05, 4.69) is 35.6 Å². The van der Waals surface area contributed by atoms with Crippen LogP contribution in [-0.2, 0) is 17.6 Å². The smallest absolute Gasteiger partial charge is 0.178 e. The first kappa shape index (κ1) is 17.5. The van der Waals surface area contributed by atoms with Crippen molar-refractivity contribution in [2.75, 3.05) is 18.5 Å². The second-order valence-corrected chi connectivity index (χ2v) is 8.01. The van der Waals surface area contributed by atoms with Gasteiger partial charge >= 0.3 is 0 Å². The number of aromatic nitrogens is 3. The molecule has 5 heteroatoms. The maximum atomic E-state index is 12.4. The Morgan fingerprint density at radius 1 is 1.20 bits per heavy atom. The van der Waals surface area contributed by atoms with Crippen molar-refractivity contribution < 1.29 is 4.79 Å². The molecule has 2 aromatic heterocycles. The molecular weight excluding hydrogens is 312 g/mol. The van der Waals surface area contributed by atoms with Crippen LogP contribution in [0.25, 0.3) is 11.5 Å². The number of likely N-dealkylation sites (N-methyl/N-ethyl adjacent to an activating group) is 1. The topological polar surface area (TPSA) is 59.0 Å². The van der Waals surface area contributed by atoms with E-state index in [0.29, 0.717) is 18.8 Å². The molecule has 0 fully saturated rings. The fraction of sp³-hybridized carbons (Fsp3) is 0.500. The Morgan fingerprint density at radius 2 is 1.92 bits per heavy atom. The van der Waals surface area contributed by atoms with E-state index in [1.54, 1.807) is 18.5 Å². The number of hydrogen-bond acceptors (Lipinski definition) is 5. The molecule has 0 saturated heterocycles. The molecule has 2 heterocycles. The van der Waals surface area contributed by atoms with Crippen molar-refractivity contribution in [1.82, 2.24) is 15.0 Å². The molecule has 0 bridgehead atoms. The van der Waals surface area contributed by atoms with Crippen LogP contribution in [0.5, 0.6) is 0 Å². The molecule has 132 valence electrons. The molecule has 25 heavy (non-hydrogen) atoms. The number of hydrogen-bond donors (Lipinski definition) is 0. The molecule has 2 aromatic rings. The van der Waals surface area contributed by atoms with E-state index >= 15 is 0 Å². The van der Waals surface area contributed by atoms with Crippen LogP contribution < -0.4 is 4.90 Å². The van der Waals surface area contributed by atoms with E-state index in [-0.39, 0.29) is 11.2 Å². The van der Waals surface area contributed by atoms with Crippen LogP contribution in [0.4, 0.5) is 5.69 Å². The summed E-state index contributed by atoms with van der Waals surface area (Å²) in [7, 11) is 1.99. The predicted molar refractivity (Wildman–Crippen MR) is 99.6 cm³/mol. The number of carbonyl (C=O) groups excluding carboxylic acids is 1. The van der Waals surface area contributed by atoms with Crippen molar-refractivity contribution in [3.63, 3.8) is 0 Å². The van der Waals surface area contributed by atoms with Gasteiger partial charge in [0.1, 0.15) is 5.69 Å². The van der Waals surface area contributed by atoms with Crippen LogP contribution >= 0.6 is 0 Å². The summed E-state index contributed by atoms with van der Waals surface area (Å²) in [6.45, 7) is 6.71. The van der Waals surface area contributed by atoms with Gasteiger partial charge in [-0.05, 0) is 42.4 Å². The Bertz CT molecular complexity index is 765. The van der Waals surface area contributed by atoms with E-state index in [9.17, 15) is 4.79 Å². The molecular formula is C20H26N4O. The molecule has 3 rings (SSSR count). The average Bonchev–Trinajstić information content (AvgIpc) is 3.01. The predicted octanol–water partition coefficient (Wildman–Crippen LogP) is 3.47. The summed E-state index contributed by atoms with van der Waals surface area (Å²) in [5.74, 6) is 0.893. The van der Waals surface area contributed by atoms with Crippen LogP contribution in [0.1, 0.15) is 44.9 Å². The maximum absolute atomic E-state index is 12.4. The molecule has 0 N–H and O–H groups in total. The fourth-order valence-corrected chi connectivity index (χ4v) is 3.40. The molecule has 0 saturated carbocycles. The minimum Gasteiger partial charge on any atom is -0.367 e. The van der Waals surface area contributed by atoms with Gasteiger partial charge in [0.2, 0.25) is 0 Å². The minimum absolute atomic E-state index is 0.0150. The summed E-state index contributed by atoms with van der Waals surface area (Å²) >= 11 is 0. The average molecular weight is 338 g/mol. The highest BCUT2D eigenvalue weighted by Gasteiger charge is 2.23. The molecule has 0 atom stereocenters. The monoisotopic (exact) mass is 338 g/mol. The van der Waals surface area contributed by atoms with Gasteiger partial charge in [0.25, 0.3) is 0 Å². The number of anilines is 1. The molecule has 0 unspecified atom stereocenters. The van der Waals surface area contributed by atoms with Crippen LogP contribution in [0.15, 0.2) is 24.5 Å². The number of ketones is 1. The van der Waals surface area contributed by atoms with E-state index < -0.39 is 0 Å². The molecule has 1 aliphatic rings. The highest BCUT2D eigenvalue weighted by Crippen LogP contribution is 2.33. The fourth-order valence-electron chi connectivity index (χ4n) is 3.40. The lowest BCUT2D eigenvalue weighted by atomic mass is 9.90. The van der Waals surface area contributed by atoms with E-state index in [1.807, 2.05) is 13.1 Å². The zero-order chi connectivity index (χ0) is 18.0. The van der Waals surface area contributed by atoms with Crippen molar-refractivity contribution in [1.29, 1.82) is 0 Å². The highest BCUT2D eigenvalue weighted by atomic mass is 16.1. The number of Topliss-reactive ketones (excluding diaryl/α,β-unsaturated/α-hetero) is 1. The summed E-state index contributed by atoms with van der Waals surface area (Å²) in [6.07, 6.45) is 7.15. The van der Waals surface area contributed by atoms with Crippen molar-refractivity contribution in [3.8, 4) is 11.5 Å². The summed E-state index contributed by atoms with van der Waals surface area (Å²) in [5.41, 5.74) is 4.28. The first-order valence-electron chi connectivity index (χ1n) is 8.86. The first-order valence-corrected chi connectivity index (χ1v) is 8.86. The minimum atomic E-state index is 0.0150. The lowest BCUT2D eigenvalue weighted by Gasteiger charge is -2.24. The van der Waals surface area contributed by atoms with Crippen LogP contribution in [0.2, 0.25) is 0 Å². The van der Waals surface area contributed by atoms with Crippen molar-refractivity contribution in [3.05, 3.63) is 35.8 Å². The number of aryl methyl sites for hydroxylation is 1. The Kier molecular flexibility index (Phi) is 4.84.